The Labute approximate surface area is 114 Å². The van der Waals surface area contributed by atoms with Gasteiger partial charge in [0.05, 0.1) is 17.5 Å². The number of hydrogen-bond acceptors (Lipinski definition) is 4. The van der Waals surface area contributed by atoms with Crippen LogP contribution in [0.25, 0.3) is 0 Å². The summed E-state index contributed by atoms with van der Waals surface area (Å²) in [5, 5.41) is 1.14. The molecule has 1 aromatic heterocycles. The third-order valence-corrected chi connectivity index (χ3v) is 1.80. The van der Waals surface area contributed by atoms with Crippen molar-refractivity contribution in [3.05, 3.63) is 24.5 Å². The van der Waals surface area contributed by atoms with Crippen LogP contribution >= 0.6 is 0 Å². The van der Waals surface area contributed by atoms with Crippen molar-refractivity contribution < 1.29 is 14.4 Å². The summed E-state index contributed by atoms with van der Waals surface area (Å²) >= 11 is 0. The summed E-state index contributed by atoms with van der Waals surface area (Å²) in [6.45, 7) is 11.0. The fourth-order valence-electron chi connectivity index (χ4n) is 1.25. The van der Waals surface area contributed by atoms with Gasteiger partial charge in [-0.2, -0.15) is 5.06 Å². The van der Waals surface area contributed by atoms with Gasteiger partial charge in [-0.15, -0.1) is 0 Å². The monoisotopic (exact) mass is 266 g/mol. The van der Waals surface area contributed by atoms with E-state index in [1.165, 1.54) is 0 Å². The molecule has 0 fully saturated rings. The van der Waals surface area contributed by atoms with Crippen LogP contribution < -0.4 is 5.06 Å². The largest absolute Gasteiger partial charge is 0.442 e. The highest BCUT2D eigenvalue weighted by atomic mass is 16.7. The van der Waals surface area contributed by atoms with Gasteiger partial charge >= 0.3 is 6.09 Å². The standard InChI is InChI=1S/C14H22N2O3/c1-13(2,3)18-12(17)16(19-14(4,5)6)11-8-7-9-15-10-11/h7-10H,1-6H3. The van der Waals surface area contributed by atoms with Crippen LogP contribution in [0.1, 0.15) is 41.5 Å². The lowest BCUT2D eigenvalue weighted by atomic mass is 10.2. The van der Waals surface area contributed by atoms with Crippen LogP contribution in [-0.2, 0) is 9.57 Å². The Balaban J connectivity index is 2.97. The minimum absolute atomic E-state index is 0.521. The summed E-state index contributed by atoms with van der Waals surface area (Å²) in [5.41, 5.74) is -0.572. The molecule has 5 nitrogen and oxygen atoms in total. The lowest BCUT2D eigenvalue weighted by molar-refractivity contribution is -0.0356. The Morgan fingerprint density at radius 1 is 1.16 bits per heavy atom. The third-order valence-electron chi connectivity index (χ3n) is 1.80. The molecule has 1 rings (SSSR count). The average Bonchev–Trinajstić information content (AvgIpc) is 2.23. The van der Waals surface area contributed by atoms with Crippen LogP contribution in [-0.4, -0.2) is 22.3 Å². The normalized spacial score (nSPS) is 12.1. The molecule has 0 saturated heterocycles. The quantitative estimate of drug-likeness (QED) is 0.768. The van der Waals surface area contributed by atoms with Crippen molar-refractivity contribution in [1.29, 1.82) is 0 Å². The number of amides is 1. The number of ether oxygens (including phenoxy) is 1. The molecule has 0 N–H and O–H groups in total. The molecular formula is C14H22N2O3. The van der Waals surface area contributed by atoms with Gasteiger partial charge in [-0.05, 0) is 53.7 Å². The van der Waals surface area contributed by atoms with Gasteiger partial charge in [0.15, 0.2) is 0 Å². The van der Waals surface area contributed by atoms with Gasteiger partial charge in [0.1, 0.15) is 5.60 Å². The molecule has 0 aliphatic carbocycles. The van der Waals surface area contributed by atoms with Crippen LogP contribution in [0.2, 0.25) is 0 Å². The van der Waals surface area contributed by atoms with Gasteiger partial charge in [0.2, 0.25) is 0 Å². The summed E-state index contributed by atoms with van der Waals surface area (Å²) < 4.78 is 5.33. The minimum Gasteiger partial charge on any atom is -0.442 e. The highest BCUT2D eigenvalue weighted by molar-refractivity contribution is 5.85. The number of nitrogens with zero attached hydrogens (tertiary/aromatic N) is 2. The highest BCUT2D eigenvalue weighted by Crippen LogP contribution is 2.21. The van der Waals surface area contributed by atoms with Gasteiger partial charge in [-0.1, -0.05) is 0 Å². The van der Waals surface area contributed by atoms with Gasteiger partial charge in [0, 0.05) is 6.20 Å². The summed E-state index contributed by atoms with van der Waals surface area (Å²) in [4.78, 5) is 21.8. The maximum absolute atomic E-state index is 12.2. The molecule has 0 aliphatic heterocycles. The zero-order chi connectivity index (χ0) is 14.7. The first-order valence-electron chi connectivity index (χ1n) is 6.21. The minimum atomic E-state index is -0.585. The van der Waals surface area contributed by atoms with Crippen molar-refractivity contribution in [2.24, 2.45) is 0 Å². The van der Waals surface area contributed by atoms with Gasteiger partial charge in [0.25, 0.3) is 0 Å². The van der Waals surface area contributed by atoms with Crippen molar-refractivity contribution in [2.45, 2.75) is 52.7 Å². The second-order valence-electron chi connectivity index (χ2n) is 6.19. The van der Waals surface area contributed by atoms with E-state index in [0.29, 0.717) is 5.69 Å². The van der Waals surface area contributed by atoms with E-state index in [1.54, 1.807) is 24.5 Å². The molecule has 0 bridgehead atoms. The topological polar surface area (TPSA) is 51.7 Å². The summed E-state index contributed by atoms with van der Waals surface area (Å²) in [6.07, 6.45) is 2.62. The van der Waals surface area contributed by atoms with E-state index in [1.807, 2.05) is 41.5 Å². The highest BCUT2D eigenvalue weighted by Gasteiger charge is 2.28. The lowest BCUT2D eigenvalue weighted by Gasteiger charge is -2.31. The molecule has 0 unspecified atom stereocenters. The van der Waals surface area contributed by atoms with E-state index in [9.17, 15) is 4.79 Å². The number of aromatic nitrogens is 1. The predicted molar refractivity (Wildman–Crippen MR) is 73.8 cm³/mol. The number of rotatable bonds is 2. The molecule has 0 aliphatic rings. The summed E-state index contributed by atoms with van der Waals surface area (Å²) in [7, 11) is 0. The maximum atomic E-state index is 12.2. The Hall–Kier alpha value is -1.62. The summed E-state index contributed by atoms with van der Waals surface area (Å²) in [5.74, 6) is 0. The number of pyridine rings is 1. The zero-order valence-electron chi connectivity index (χ0n) is 12.4. The van der Waals surface area contributed by atoms with Crippen molar-refractivity contribution in [3.63, 3.8) is 0 Å². The smallest absolute Gasteiger partial charge is 0.439 e. The van der Waals surface area contributed by atoms with E-state index in [0.717, 1.165) is 5.06 Å². The molecule has 1 aromatic rings. The maximum Gasteiger partial charge on any atom is 0.439 e. The van der Waals surface area contributed by atoms with Crippen molar-refractivity contribution >= 4 is 11.8 Å². The van der Waals surface area contributed by atoms with Crippen LogP contribution in [0, 0.1) is 0 Å². The average molecular weight is 266 g/mol. The lowest BCUT2D eigenvalue weighted by Crippen LogP contribution is -2.41. The number of hydroxylamine groups is 1. The molecule has 0 atom stereocenters. The number of anilines is 1. The molecule has 0 spiro atoms. The van der Waals surface area contributed by atoms with Crippen molar-refractivity contribution in [3.8, 4) is 0 Å². The Morgan fingerprint density at radius 2 is 1.79 bits per heavy atom. The van der Waals surface area contributed by atoms with Gasteiger partial charge in [-0.25, -0.2) is 4.79 Å². The van der Waals surface area contributed by atoms with Crippen LogP contribution in [0.15, 0.2) is 24.5 Å². The van der Waals surface area contributed by atoms with Gasteiger partial charge < -0.3 is 4.74 Å². The first-order chi connectivity index (χ1) is 8.58. The first kappa shape index (κ1) is 15.4. The second kappa shape index (κ2) is 5.57. The molecule has 1 amide bonds. The van der Waals surface area contributed by atoms with Crippen LogP contribution in [0.3, 0.4) is 0 Å². The number of carbonyl (C=O) groups is 1. The predicted octanol–water partition coefficient (Wildman–Crippen LogP) is 3.55. The van der Waals surface area contributed by atoms with E-state index in [-0.39, 0.29) is 0 Å². The van der Waals surface area contributed by atoms with E-state index >= 15 is 0 Å². The van der Waals surface area contributed by atoms with Crippen molar-refractivity contribution in [1.82, 2.24) is 4.98 Å². The fraction of sp³-hybridized carbons (Fsp3) is 0.571. The van der Waals surface area contributed by atoms with E-state index in [4.69, 9.17) is 9.57 Å². The van der Waals surface area contributed by atoms with Gasteiger partial charge in [-0.3, -0.25) is 9.82 Å². The number of carbonyl (C=O) groups excluding carboxylic acids is 1. The molecule has 5 heteroatoms. The van der Waals surface area contributed by atoms with E-state index in [2.05, 4.69) is 4.98 Å². The third kappa shape index (κ3) is 5.70. The SMILES string of the molecule is CC(C)(C)OC(=O)N(OC(C)(C)C)c1cccnc1. The molecule has 1 heterocycles. The Bertz CT molecular complexity index is 419. The molecule has 0 saturated carbocycles. The number of hydrogen-bond donors (Lipinski definition) is 0. The molecule has 0 radical (unpaired) electrons. The van der Waals surface area contributed by atoms with Crippen molar-refractivity contribution in [2.75, 3.05) is 5.06 Å². The van der Waals surface area contributed by atoms with Crippen LogP contribution in [0.4, 0.5) is 10.5 Å². The zero-order valence-corrected chi connectivity index (χ0v) is 12.4. The Morgan fingerprint density at radius 3 is 2.21 bits per heavy atom. The first-order valence-corrected chi connectivity index (χ1v) is 6.21. The summed E-state index contributed by atoms with van der Waals surface area (Å²) in [6, 6.07) is 3.47. The fourth-order valence-corrected chi connectivity index (χ4v) is 1.25. The second-order valence-corrected chi connectivity index (χ2v) is 6.19. The molecule has 19 heavy (non-hydrogen) atoms. The molecule has 0 aromatic carbocycles. The Kier molecular flexibility index (Phi) is 4.52. The van der Waals surface area contributed by atoms with E-state index < -0.39 is 17.3 Å². The molecule has 106 valence electrons. The molecular weight excluding hydrogens is 244 g/mol. The van der Waals surface area contributed by atoms with Crippen LogP contribution in [0.5, 0.6) is 0 Å².